The molecule has 0 nitrogen and oxygen atoms in total. The molecule has 1 aromatic carbocycles. The Bertz CT molecular complexity index is 261. The molecule has 0 spiro atoms. The van der Waals surface area contributed by atoms with Crippen molar-refractivity contribution in [3.05, 3.63) is 54.0 Å². The van der Waals surface area contributed by atoms with Crippen molar-refractivity contribution in [2.45, 2.75) is 19.3 Å². The average Bonchev–Trinajstić information content (AvgIpc) is 2.47. The van der Waals surface area contributed by atoms with Gasteiger partial charge in [-0.2, -0.15) is 0 Å². The van der Waals surface area contributed by atoms with Crippen LogP contribution in [0.4, 0.5) is 0 Å². The Morgan fingerprint density at radius 3 is 3.00 bits per heavy atom. The average molecular weight is 156 g/mol. The summed E-state index contributed by atoms with van der Waals surface area (Å²) in [5.41, 5.74) is 2.93. The summed E-state index contributed by atoms with van der Waals surface area (Å²) in [5.74, 6) is 1.58. The van der Waals surface area contributed by atoms with Crippen molar-refractivity contribution in [2.24, 2.45) is 0 Å². The van der Waals surface area contributed by atoms with E-state index in [-0.39, 0.29) is 0 Å². The van der Waals surface area contributed by atoms with Crippen LogP contribution >= 0.6 is 0 Å². The maximum atomic E-state index is 3.76. The zero-order valence-electron chi connectivity index (χ0n) is 7.14. The Balaban J connectivity index is 2.16. The van der Waals surface area contributed by atoms with Crippen LogP contribution in [0.25, 0.3) is 0 Å². The second-order valence-corrected chi connectivity index (χ2v) is 3.29. The summed E-state index contributed by atoms with van der Waals surface area (Å²) in [4.78, 5) is 0. The topological polar surface area (TPSA) is 0 Å². The highest BCUT2D eigenvalue weighted by molar-refractivity contribution is 5.37. The highest BCUT2D eigenvalue weighted by atomic mass is 14.2. The Labute approximate surface area is 73.9 Å². The summed E-state index contributed by atoms with van der Waals surface area (Å²) < 4.78 is 0. The van der Waals surface area contributed by atoms with Crippen molar-refractivity contribution >= 4 is 0 Å². The monoisotopic (exact) mass is 156 g/mol. The highest BCUT2D eigenvalue weighted by Gasteiger charge is 2.19. The van der Waals surface area contributed by atoms with Gasteiger partial charge >= 0.3 is 0 Å². The van der Waals surface area contributed by atoms with Gasteiger partial charge in [0.2, 0.25) is 0 Å². The normalized spacial score (nSPS) is 16.0. The number of hydrogen-bond donors (Lipinski definition) is 0. The number of rotatable bonds is 2. The largest absolute Gasteiger partial charge is 0.103 e. The molecule has 60 valence electrons. The molecular weight excluding hydrogens is 144 g/mol. The molecule has 1 aromatic rings. The van der Waals surface area contributed by atoms with Crippen molar-refractivity contribution in [1.29, 1.82) is 0 Å². The lowest BCUT2D eigenvalue weighted by molar-refractivity contribution is 0.878. The van der Waals surface area contributed by atoms with Crippen LogP contribution in [0.2, 0.25) is 0 Å². The first-order valence-corrected chi connectivity index (χ1v) is 4.32. The van der Waals surface area contributed by atoms with E-state index in [4.69, 9.17) is 0 Å². The van der Waals surface area contributed by atoms with E-state index in [9.17, 15) is 0 Å². The third-order valence-corrected chi connectivity index (χ3v) is 2.36. The minimum Gasteiger partial charge on any atom is -0.103 e. The number of fused-ring (bicyclic) bond motifs is 1. The lowest BCUT2D eigenvalue weighted by Gasteiger charge is -2.01. The van der Waals surface area contributed by atoms with Gasteiger partial charge in [0.05, 0.1) is 0 Å². The van der Waals surface area contributed by atoms with Crippen molar-refractivity contribution in [2.75, 3.05) is 0 Å². The Morgan fingerprint density at radius 1 is 1.42 bits per heavy atom. The lowest BCUT2D eigenvalue weighted by Crippen LogP contribution is -1.93. The first-order chi connectivity index (χ1) is 5.90. The first kappa shape index (κ1) is 7.60. The minimum atomic E-state index is 1.06. The third-order valence-electron chi connectivity index (χ3n) is 2.36. The zero-order valence-corrected chi connectivity index (χ0v) is 7.14. The van der Waals surface area contributed by atoms with Crippen LogP contribution in [-0.2, 0) is 12.8 Å². The second kappa shape index (κ2) is 3.14. The molecule has 0 aromatic heterocycles. The highest BCUT2D eigenvalue weighted by Crippen LogP contribution is 2.29. The fraction of sp³-hybridized carbons (Fsp3) is 0.250. The summed E-state index contributed by atoms with van der Waals surface area (Å²) in [5, 5.41) is 0. The second-order valence-electron chi connectivity index (χ2n) is 3.29. The van der Waals surface area contributed by atoms with E-state index in [2.05, 4.69) is 24.8 Å². The maximum absolute atomic E-state index is 3.76. The molecule has 2 rings (SSSR count). The van der Waals surface area contributed by atoms with Crippen LogP contribution in [0.1, 0.15) is 17.5 Å². The lowest BCUT2D eigenvalue weighted by atomic mass is 10.0. The summed E-state index contributed by atoms with van der Waals surface area (Å²) >= 11 is 0. The molecule has 0 atom stereocenters. The number of allylic oxidation sites excluding steroid dienone is 1. The van der Waals surface area contributed by atoms with Crippen LogP contribution in [0, 0.1) is 12.0 Å². The molecule has 1 aliphatic carbocycles. The minimum absolute atomic E-state index is 1.06. The van der Waals surface area contributed by atoms with E-state index >= 15 is 0 Å². The van der Waals surface area contributed by atoms with Crippen LogP contribution in [0.15, 0.2) is 30.9 Å². The SMILES string of the molecule is C=CC[C]1Cc2c[c]ccc2C1. The fourth-order valence-corrected chi connectivity index (χ4v) is 1.78. The van der Waals surface area contributed by atoms with Crippen LogP contribution in [0.5, 0.6) is 0 Å². The number of benzene rings is 1. The smallest absolute Gasteiger partial charge is 0.0116 e. The van der Waals surface area contributed by atoms with Gasteiger partial charge in [-0.3, -0.25) is 0 Å². The maximum Gasteiger partial charge on any atom is -0.0116 e. The van der Waals surface area contributed by atoms with Gasteiger partial charge in [0.15, 0.2) is 0 Å². The molecule has 0 fully saturated rings. The number of hydrogen-bond acceptors (Lipinski definition) is 0. The fourth-order valence-electron chi connectivity index (χ4n) is 1.78. The van der Waals surface area contributed by atoms with Gasteiger partial charge in [0.1, 0.15) is 0 Å². The van der Waals surface area contributed by atoms with E-state index in [1.165, 1.54) is 11.1 Å². The van der Waals surface area contributed by atoms with Gasteiger partial charge < -0.3 is 0 Å². The molecule has 0 N–H and O–H groups in total. The quantitative estimate of drug-likeness (QED) is 0.577. The van der Waals surface area contributed by atoms with Gasteiger partial charge in [-0.1, -0.05) is 24.3 Å². The molecule has 0 saturated heterocycles. The summed E-state index contributed by atoms with van der Waals surface area (Å²) in [7, 11) is 0. The molecule has 12 heavy (non-hydrogen) atoms. The Morgan fingerprint density at radius 2 is 2.25 bits per heavy atom. The third kappa shape index (κ3) is 1.29. The Hall–Kier alpha value is -1.04. The van der Waals surface area contributed by atoms with Crippen LogP contribution < -0.4 is 0 Å². The van der Waals surface area contributed by atoms with E-state index in [0.717, 1.165) is 19.3 Å². The molecule has 0 aliphatic heterocycles. The molecule has 0 heteroatoms. The van der Waals surface area contributed by atoms with Gasteiger partial charge in [0, 0.05) is 0 Å². The van der Waals surface area contributed by atoms with Gasteiger partial charge in [-0.25, -0.2) is 0 Å². The van der Waals surface area contributed by atoms with Crippen molar-refractivity contribution in [1.82, 2.24) is 0 Å². The van der Waals surface area contributed by atoms with Gasteiger partial charge in [-0.15, -0.1) is 6.58 Å². The molecule has 2 radical (unpaired) electrons. The molecular formula is C12H12. The Kier molecular flexibility index (Phi) is 1.99. The molecule has 0 amide bonds. The van der Waals surface area contributed by atoms with Gasteiger partial charge in [-0.05, 0) is 42.4 Å². The van der Waals surface area contributed by atoms with E-state index in [0.29, 0.717) is 0 Å². The van der Waals surface area contributed by atoms with Crippen LogP contribution in [0.3, 0.4) is 0 Å². The van der Waals surface area contributed by atoms with Crippen molar-refractivity contribution < 1.29 is 0 Å². The predicted octanol–water partition coefficient (Wildman–Crippen LogP) is 2.74. The van der Waals surface area contributed by atoms with E-state index in [1.54, 1.807) is 5.92 Å². The van der Waals surface area contributed by atoms with Crippen LogP contribution in [-0.4, -0.2) is 0 Å². The zero-order chi connectivity index (χ0) is 8.39. The van der Waals surface area contributed by atoms with Crippen molar-refractivity contribution in [3.8, 4) is 0 Å². The van der Waals surface area contributed by atoms with Crippen molar-refractivity contribution in [3.63, 3.8) is 0 Å². The first-order valence-electron chi connectivity index (χ1n) is 4.32. The molecule has 0 unspecified atom stereocenters. The predicted molar refractivity (Wildman–Crippen MR) is 50.7 cm³/mol. The van der Waals surface area contributed by atoms with E-state index < -0.39 is 0 Å². The summed E-state index contributed by atoms with van der Waals surface area (Å²) in [6.07, 6.45) is 5.34. The molecule has 1 aliphatic rings. The standard InChI is InChI=1S/C12H12/c1-2-5-10-8-11-6-3-4-7-12(11)9-10/h2-3,6-7H,1,5,8-9H2. The summed E-state index contributed by atoms with van der Waals surface area (Å²) in [6, 6.07) is 9.39. The molecule has 0 bridgehead atoms. The molecule has 0 heterocycles. The molecule has 0 saturated carbocycles. The van der Waals surface area contributed by atoms with Gasteiger partial charge in [0.25, 0.3) is 0 Å². The summed E-state index contributed by atoms with van der Waals surface area (Å²) in [6.45, 7) is 3.76. The van der Waals surface area contributed by atoms with E-state index in [1.807, 2.05) is 12.1 Å².